The number of aryl methyl sites for hydroxylation is 1. The summed E-state index contributed by atoms with van der Waals surface area (Å²) < 4.78 is 17.0. The Morgan fingerprint density at radius 1 is 1.00 bits per heavy atom. The molecule has 1 fully saturated rings. The predicted octanol–water partition coefficient (Wildman–Crippen LogP) is 3.00. The number of hydrogen-bond donors (Lipinski definition) is 0. The van der Waals surface area contributed by atoms with E-state index >= 15 is 0 Å². The Morgan fingerprint density at radius 2 is 1.90 bits per heavy atom. The summed E-state index contributed by atoms with van der Waals surface area (Å²) in [5.74, 6) is 1.65. The smallest absolute Gasteiger partial charge is 0.231 e. The van der Waals surface area contributed by atoms with E-state index in [1.807, 2.05) is 6.07 Å². The summed E-state index contributed by atoms with van der Waals surface area (Å²) in [5.41, 5.74) is 3.64. The van der Waals surface area contributed by atoms with Crippen molar-refractivity contribution in [2.24, 2.45) is 0 Å². The molecular formula is C17H14O3. The first-order chi connectivity index (χ1) is 9.88. The second-order valence-corrected chi connectivity index (χ2v) is 5.61. The molecule has 0 saturated carbocycles. The molecule has 0 radical (unpaired) electrons. The maximum absolute atomic E-state index is 6.14. The molecule has 0 bridgehead atoms. The van der Waals surface area contributed by atoms with Gasteiger partial charge in [0.05, 0.1) is 6.10 Å². The molecule has 3 heteroatoms. The Kier molecular flexibility index (Phi) is 1.91. The lowest BCUT2D eigenvalue weighted by Crippen LogP contribution is -2.21. The van der Waals surface area contributed by atoms with Crippen molar-refractivity contribution in [2.75, 3.05) is 6.79 Å². The van der Waals surface area contributed by atoms with Crippen LogP contribution < -0.4 is 9.47 Å². The molecule has 0 aromatic heterocycles. The molecule has 0 spiro atoms. The minimum atomic E-state index is -0.254. The van der Waals surface area contributed by atoms with Crippen molar-refractivity contribution in [3.8, 4) is 11.5 Å². The summed E-state index contributed by atoms with van der Waals surface area (Å²) in [4.78, 5) is 0. The van der Waals surface area contributed by atoms with Crippen LogP contribution in [-0.4, -0.2) is 12.9 Å². The molecular weight excluding hydrogens is 252 g/mol. The number of benzene rings is 2. The van der Waals surface area contributed by atoms with E-state index in [1.165, 1.54) is 16.7 Å². The second-order valence-electron chi connectivity index (χ2n) is 5.61. The highest BCUT2D eigenvalue weighted by molar-refractivity contribution is 5.54. The molecule has 0 amide bonds. The highest BCUT2D eigenvalue weighted by atomic mass is 16.7. The van der Waals surface area contributed by atoms with Gasteiger partial charge in [-0.1, -0.05) is 30.3 Å². The molecule has 2 atom stereocenters. The van der Waals surface area contributed by atoms with Gasteiger partial charge < -0.3 is 14.2 Å². The first kappa shape index (κ1) is 10.7. The largest absolute Gasteiger partial charge is 0.454 e. The van der Waals surface area contributed by atoms with Crippen LogP contribution >= 0.6 is 0 Å². The third-order valence-electron chi connectivity index (χ3n) is 4.62. The summed E-state index contributed by atoms with van der Waals surface area (Å²) in [5, 5.41) is 0. The van der Waals surface area contributed by atoms with Crippen molar-refractivity contribution in [3.63, 3.8) is 0 Å². The van der Waals surface area contributed by atoms with Crippen LogP contribution in [0.2, 0.25) is 0 Å². The van der Waals surface area contributed by atoms with Crippen LogP contribution in [0.5, 0.6) is 11.5 Å². The lowest BCUT2D eigenvalue weighted by atomic mass is 9.78. The molecule has 1 saturated heterocycles. The molecule has 2 aromatic rings. The van der Waals surface area contributed by atoms with Gasteiger partial charge in [-0.25, -0.2) is 0 Å². The maximum atomic E-state index is 6.14. The highest BCUT2D eigenvalue weighted by Gasteiger charge is 2.61. The number of fused-ring (bicyclic) bond motifs is 4. The molecule has 1 aliphatic carbocycles. The van der Waals surface area contributed by atoms with Gasteiger partial charge in [-0.05, 0) is 41.7 Å². The van der Waals surface area contributed by atoms with Crippen molar-refractivity contribution in [3.05, 3.63) is 59.2 Å². The Hall–Kier alpha value is -2.00. The molecule has 0 N–H and O–H groups in total. The van der Waals surface area contributed by atoms with Crippen LogP contribution in [0.4, 0.5) is 0 Å². The SMILES string of the molecule is c1ccc2c(c1)CCC1OC21c1ccc2c(c1)OCO2. The van der Waals surface area contributed by atoms with E-state index in [9.17, 15) is 0 Å². The number of ether oxygens (including phenoxy) is 3. The minimum Gasteiger partial charge on any atom is -0.454 e. The summed E-state index contributed by atoms with van der Waals surface area (Å²) in [6.07, 6.45) is 2.50. The second kappa shape index (κ2) is 3.55. The van der Waals surface area contributed by atoms with E-state index in [4.69, 9.17) is 14.2 Å². The van der Waals surface area contributed by atoms with Gasteiger partial charge >= 0.3 is 0 Å². The Bertz CT molecular complexity index is 709. The van der Waals surface area contributed by atoms with Gasteiger partial charge in [-0.15, -0.1) is 0 Å². The number of epoxide rings is 1. The fraction of sp³-hybridized carbons (Fsp3) is 0.294. The van der Waals surface area contributed by atoms with Crippen LogP contribution in [0.3, 0.4) is 0 Å². The zero-order valence-corrected chi connectivity index (χ0v) is 11.0. The van der Waals surface area contributed by atoms with Gasteiger partial charge in [0, 0.05) is 0 Å². The fourth-order valence-electron chi connectivity index (χ4n) is 3.61. The Morgan fingerprint density at radius 3 is 2.90 bits per heavy atom. The molecule has 100 valence electrons. The lowest BCUT2D eigenvalue weighted by molar-refractivity contribution is 0.174. The van der Waals surface area contributed by atoms with Crippen LogP contribution in [-0.2, 0) is 16.8 Å². The molecule has 2 aliphatic heterocycles. The van der Waals surface area contributed by atoms with E-state index in [-0.39, 0.29) is 5.60 Å². The first-order valence-corrected chi connectivity index (χ1v) is 7.04. The average molecular weight is 266 g/mol. The highest BCUT2D eigenvalue weighted by Crippen LogP contribution is 2.58. The van der Waals surface area contributed by atoms with E-state index in [2.05, 4.69) is 36.4 Å². The normalized spacial score (nSPS) is 28.7. The van der Waals surface area contributed by atoms with Gasteiger partial charge in [0.15, 0.2) is 11.5 Å². The monoisotopic (exact) mass is 266 g/mol. The molecule has 2 unspecified atom stereocenters. The molecule has 3 nitrogen and oxygen atoms in total. The minimum absolute atomic E-state index is 0.254. The third-order valence-corrected chi connectivity index (χ3v) is 4.62. The van der Waals surface area contributed by atoms with Crippen LogP contribution in [0.15, 0.2) is 42.5 Å². The summed E-state index contributed by atoms with van der Waals surface area (Å²) in [6.45, 7) is 0.312. The lowest BCUT2D eigenvalue weighted by Gasteiger charge is -2.22. The van der Waals surface area contributed by atoms with Gasteiger partial charge in [0.1, 0.15) is 5.60 Å². The van der Waals surface area contributed by atoms with Crippen molar-refractivity contribution in [1.29, 1.82) is 0 Å². The Labute approximate surface area is 117 Å². The van der Waals surface area contributed by atoms with Crippen molar-refractivity contribution < 1.29 is 14.2 Å². The molecule has 2 heterocycles. The summed E-state index contributed by atoms with van der Waals surface area (Å²) >= 11 is 0. The summed E-state index contributed by atoms with van der Waals surface area (Å²) in [7, 11) is 0. The van der Waals surface area contributed by atoms with Gasteiger partial charge in [0.25, 0.3) is 0 Å². The molecule has 5 rings (SSSR count). The van der Waals surface area contributed by atoms with E-state index < -0.39 is 0 Å². The van der Waals surface area contributed by atoms with Crippen molar-refractivity contribution in [2.45, 2.75) is 24.5 Å². The van der Waals surface area contributed by atoms with E-state index in [0.717, 1.165) is 24.3 Å². The van der Waals surface area contributed by atoms with Crippen LogP contribution in [0, 0.1) is 0 Å². The van der Waals surface area contributed by atoms with E-state index in [1.54, 1.807) is 0 Å². The topological polar surface area (TPSA) is 31.0 Å². The van der Waals surface area contributed by atoms with Gasteiger partial charge in [-0.2, -0.15) is 0 Å². The van der Waals surface area contributed by atoms with Crippen molar-refractivity contribution >= 4 is 0 Å². The number of rotatable bonds is 1. The van der Waals surface area contributed by atoms with Crippen molar-refractivity contribution in [1.82, 2.24) is 0 Å². The van der Waals surface area contributed by atoms with Gasteiger partial charge in [0.2, 0.25) is 6.79 Å². The van der Waals surface area contributed by atoms with E-state index in [0.29, 0.717) is 12.9 Å². The zero-order chi connectivity index (χ0) is 13.2. The summed E-state index contributed by atoms with van der Waals surface area (Å²) in [6, 6.07) is 14.8. The predicted molar refractivity (Wildman–Crippen MR) is 73.0 cm³/mol. The zero-order valence-electron chi connectivity index (χ0n) is 11.0. The standard InChI is InChI=1S/C17H14O3/c1-2-4-13-11(3-1)5-8-16-17(13,20-16)12-6-7-14-15(9-12)19-10-18-14/h1-4,6-7,9,16H,5,8,10H2. The number of hydrogen-bond acceptors (Lipinski definition) is 3. The average Bonchev–Trinajstić information content (AvgIpc) is 3.09. The van der Waals surface area contributed by atoms with Crippen LogP contribution in [0.25, 0.3) is 0 Å². The fourth-order valence-corrected chi connectivity index (χ4v) is 3.61. The third kappa shape index (κ3) is 1.23. The first-order valence-electron chi connectivity index (χ1n) is 7.04. The molecule has 3 aliphatic rings. The quantitative estimate of drug-likeness (QED) is 0.743. The molecule has 20 heavy (non-hydrogen) atoms. The van der Waals surface area contributed by atoms with Crippen LogP contribution in [0.1, 0.15) is 23.1 Å². The Balaban J connectivity index is 1.69. The van der Waals surface area contributed by atoms with Gasteiger partial charge in [-0.3, -0.25) is 0 Å². The molecule has 2 aromatic carbocycles. The maximum Gasteiger partial charge on any atom is 0.231 e.